The van der Waals surface area contributed by atoms with Crippen molar-refractivity contribution in [2.24, 2.45) is 0 Å². The fourth-order valence-corrected chi connectivity index (χ4v) is 2.51. The third kappa shape index (κ3) is 3.45. The number of nitro groups is 1. The first-order valence-corrected chi connectivity index (χ1v) is 7.27. The summed E-state index contributed by atoms with van der Waals surface area (Å²) in [4.78, 5) is 10.0. The summed E-state index contributed by atoms with van der Waals surface area (Å²) in [5.41, 5.74) is -0.217. The van der Waals surface area contributed by atoms with Crippen LogP contribution in [0.25, 0.3) is 0 Å². The zero-order chi connectivity index (χ0) is 16.4. The smallest absolute Gasteiger partial charge is 0.271 e. The number of aliphatic hydroxyl groups is 3. The molecule has 0 radical (unpaired) electrons. The van der Waals surface area contributed by atoms with Crippen LogP contribution in [0.15, 0.2) is 18.2 Å². The maximum atomic E-state index is 10.6. The van der Waals surface area contributed by atoms with Gasteiger partial charge in [0, 0.05) is 17.9 Å². The minimum atomic E-state index is -1.52. The number of rotatable bonds is 4. The highest BCUT2D eigenvalue weighted by Crippen LogP contribution is 2.32. The van der Waals surface area contributed by atoms with Gasteiger partial charge in [0.1, 0.15) is 24.1 Å². The lowest BCUT2D eigenvalue weighted by atomic mass is 10.00. The monoisotopic (exact) mass is 351 g/mol. The molecule has 1 saturated heterocycles. The van der Waals surface area contributed by atoms with Crippen molar-refractivity contribution in [3.63, 3.8) is 0 Å². The molecular weight excluding hydrogens is 338 g/mol. The average Bonchev–Trinajstić information content (AvgIpc) is 2.49. The lowest BCUT2D eigenvalue weighted by molar-refractivity contribution is -0.384. The first-order chi connectivity index (χ1) is 10.3. The van der Waals surface area contributed by atoms with Gasteiger partial charge in [-0.05, 0) is 6.07 Å². The predicted molar refractivity (Wildman–Crippen MR) is 79.3 cm³/mol. The molecule has 122 valence electrons. The molecular formula is C12H14ClNO7S. The molecule has 8 nitrogen and oxygen atoms in total. The second kappa shape index (κ2) is 6.99. The van der Waals surface area contributed by atoms with Crippen LogP contribution < -0.4 is 4.74 Å². The van der Waals surface area contributed by atoms with Crippen molar-refractivity contribution in [1.29, 1.82) is 0 Å². The van der Waals surface area contributed by atoms with Crippen LogP contribution in [0, 0.1) is 10.1 Å². The van der Waals surface area contributed by atoms with E-state index in [4.69, 9.17) is 21.1 Å². The Kier molecular flexibility index (Phi) is 5.48. The summed E-state index contributed by atoms with van der Waals surface area (Å²) in [7, 11) is 0. The van der Waals surface area contributed by atoms with Crippen LogP contribution in [0.3, 0.4) is 0 Å². The molecule has 1 fully saturated rings. The van der Waals surface area contributed by atoms with Gasteiger partial charge in [0.05, 0.1) is 16.0 Å². The Hall–Kier alpha value is -1.10. The van der Waals surface area contributed by atoms with Gasteiger partial charge in [0.25, 0.3) is 5.69 Å². The minimum absolute atomic E-state index is 0.0396. The van der Waals surface area contributed by atoms with E-state index < -0.39 is 35.6 Å². The molecule has 3 N–H and O–H groups in total. The van der Waals surface area contributed by atoms with E-state index >= 15 is 0 Å². The Balaban J connectivity index is 2.17. The van der Waals surface area contributed by atoms with Gasteiger partial charge in [-0.25, -0.2) is 0 Å². The molecule has 0 bridgehead atoms. The van der Waals surface area contributed by atoms with Gasteiger partial charge in [-0.3, -0.25) is 10.1 Å². The number of nitro benzene ring substituents is 1. The molecule has 0 spiro atoms. The second-order valence-electron chi connectivity index (χ2n) is 4.69. The van der Waals surface area contributed by atoms with Crippen LogP contribution in [-0.4, -0.2) is 56.7 Å². The zero-order valence-corrected chi connectivity index (χ0v) is 12.7. The molecule has 0 aliphatic carbocycles. The largest absolute Gasteiger partial charge is 0.460 e. The summed E-state index contributed by atoms with van der Waals surface area (Å²) >= 11 is 9.86. The summed E-state index contributed by atoms with van der Waals surface area (Å²) in [6, 6.07) is 3.52. The lowest BCUT2D eigenvalue weighted by Crippen LogP contribution is -2.59. The van der Waals surface area contributed by atoms with Gasteiger partial charge < -0.3 is 24.8 Å². The van der Waals surface area contributed by atoms with Crippen LogP contribution >= 0.6 is 24.2 Å². The number of hydrogen-bond acceptors (Lipinski definition) is 8. The van der Waals surface area contributed by atoms with Gasteiger partial charge >= 0.3 is 0 Å². The Morgan fingerprint density at radius 1 is 1.32 bits per heavy atom. The first kappa shape index (κ1) is 17.3. The lowest BCUT2D eigenvalue weighted by Gasteiger charge is -2.39. The highest BCUT2D eigenvalue weighted by atomic mass is 35.5. The van der Waals surface area contributed by atoms with Gasteiger partial charge in [0.15, 0.2) is 0 Å². The summed E-state index contributed by atoms with van der Waals surface area (Å²) in [6.45, 7) is 0. The fraction of sp³-hybridized carbons (Fsp3) is 0.500. The van der Waals surface area contributed by atoms with Crippen molar-refractivity contribution in [3.05, 3.63) is 33.3 Å². The van der Waals surface area contributed by atoms with E-state index in [1.165, 1.54) is 12.1 Å². The van der Waals surface area contributed by atoms with E-state index in [1.807, 2.05) is 0 Å². The molecule has 0 unspecified atom stereocenters. The van der Waals surface area contributed by atoms with Crippen LogP contribution in [0.2, 0.25) is 5.02 Å². The standard InChI is InChI=1S/C12H14ClNO7S/c13-6-3-5(14(18)19)1-2-7(6)20-12-11(17)10(16)9(15)8(4-22)21-12/h1-3,8-12,15-17,22H,4H2/t8-,9-,10+,11-,12-/m1/s1. The van der Waals surface area contributed by atoms with Crippen molar-refractivity contribution in [2.45, 2.75) is 30.7 Å². The highest BCUT2D eigenvalue weighted by molar-refractivity contribution is 7.80. The van der Waals surface area contributed by atoms with Gasteiger partial charge in [0.2, 0.25) is 6.29 Å². The number of hydrogen-bond donors (Lipinski definition) is 4. The van der Waals surface area contributed by atoms with E-state index in [9.17, 15) is 25.4 Å². The predicted octanol–water partition coefficient (Wildman–Crippen LogP) is 0.364. The van der Waals surface area contributed by atoms with Crippen molar-refractivity contribution >= 4 is 29.9 Å². The molecule has 1 aromatic rings. The molecule has 0 saturated carbocycles. The quantitative estimate of drug-likeness (QED) is 0.351. The number of aliphatic hydroxyl groups excluding tert-OH is 3. The number of non-ortho nitro benzene ring substituents is 1. The van der Waals surface area contributed by atoms with Gasteiger partial charge in [-0.15, -0.1) is 0 Å². The zero-order valence-electron chi connectivity index (χ0n) is 11.1. The molecule has 2 rings (SSSR count). The molecule has 1 aromatic carbocycles. The summed E-state index contributed by atoms with van der Waals surface area (Å²) in [5, 5.41) is 39.9. The third-order valence-electron chi connectivity index (χ3n) is 3.22. The minimum Gasteiger partial charge on any atom is -0.460 e. The van der Waals surface area contributed by atoms with E-state index in [2.05, 4.69) is 12.6 Å². The fourth-order valence-electron chi connectivity index (χ4n) is 1.99. The Labute approximate surface area is 135 Å². The molecule has 0 aromatic heterocycles. The van der Waals surface area contributed by atoms with Crippen molar-refractivity contribution in [1.82, 2.24) is 0 Å². The number of benzene rings is 1. The topological polar surface area (TPSA) is 122 Å². The molecule has 0 amide bonds. The molecule has 22 heavy (non-hydrogen) atoms. The van der Waals surface area contributed by atoms with E-state index in [1.54, 1.807) is 0 Å². The molecule has 10 heteroatoms. The van der Waals surface area contributed by atoms with Crippen LogP contribution in [0.5, 0.6) is 5.75 Å². The Morgan fingerprint density at radius 2 is 2.00 bits per heavy atom. The van der Waals surface area contributed by atoms with Crippen molar-refractivity contribution in [2.75, 3.05) is 5.75 Å². The van der Waals surface area contributed by atoms with Crippen molar-refractivity contribution < 1.29 is 29.7 Å². The number of halogens is 1. The average molecular weight is 352 g/mol. The molecule has 1 aliphatic heterocycles. The van der Waals surface area contributed by atoms with Gasteiger partial charge in [-0.2, -0.15) is 12.6 Å². The van der Waals surface area contributed by atoms with Crippen molar-refractivity contribution in [3.8, 4) is 5.75 Å². The summed E-state index contributed by atoms with van der Waals surface area (Å²) < 4.78 is 10.7. The van der Waals surface area contributed by atoms with E-state index in [0.29, 0.717) is 0 Å². The Morgan fingerprint density at radius 3 is 2.55 bits per heavy atom. The second-order valence-corrected chi connectivity index (χ2v) is 5.46. The molecule has 1 heterocycles. The van der Waals surface area contributed by atoms with E-state index in [-0.39, 0.29) is 22.2 Å². The third-order valence-corrected chi connectivity index (χ3v) is 3.87. The highest BCUT2D eigenvalue weighted by Gasteiger charge is 2.44. The Bertz CT molecular complexity index is 558. The number of ether oxygens (including phenoxy) is 2. The number of nitrogens with zero attached hydrogens (tertiary/aromatic N) is 1. The normalized spacial score (nSPS) is 31.8. The summed E-state index contributed by atoms with van der Waals surface area (Å²) in [5.74, 6) is 0.136. The van der Waals surface area contributed by atoms with Crippen LogP contribution in [-0.2, 0) is 4.74 Å². The van der Waals surface area contributed by atoms with Crippen LogP contribution in [0.4, 0.5) is 5.69 Å². The summed E-state index contributed by atoms with van der Waals surface area (Å²) in [6.07, 6.45) is -6.44. The molecule has 5 atom stereocenters. The maximum absolute atomic E-state index is 10.6. The number of thiol groups is 1. The van der Waals surface area contributed by atoms with Gasteiger partial charge in [-0.1, -0.05) is 11.6 Å². The van der Waals surface area contributed by atoms with Crippen LogP contribution in [0.1, 0.15) is 0 Å². The molecule has 1 aliphatic rings. The maximum Gasteiger partial charge on any atom is 0.271 e. The van der Waals surface area contributed by atoms with E-state index in [0.717, 1.165) is 6.07 Å². The first-order valence-electron chi connectivity index (χ1n) is 6.26. The SMILES string of the molecule is O=[N+]([O-])c1ccc(O[C@@H]2O[C@H](CS)[C@@H](O)[C@H](O)[C@H]2O)c(Cl)c1.